The zero-order valence-corrected chi connectivity index (χ0v) is 13.0. The Kier molecular flexibility index (Phi) is 4.99. The van der Waals surface area contributed by atoms with Crippen LogP contribution in [0.4, 0.5) is 0 Å². The van der Waals surface area contributed by atoms with Gasteiger partial charge in [0.05, 0.1) is 5.92 Å². The van der Waals surface area contributed by atoms with Gasteiger partial charge in [0.25, 0.3) is 0 Å². The van der Waals surface area contributed by atoms with Crippen LogP contribution in [0.2, 0.25) is 0 Å². The van der Waals surface area contributed by atoms with E-state index < -0.39 is 0 Å². The Morgan fingerprint density at radius 2 is 2.10 bits per heavy atom. The highest BCUT2D eigenvalue weighted by Crippen LogP contribution is 2.29. The molecule has 2 atom stereocenters. The molecule has 4 nitrogen and oxygen atoms in total. The summed E-state index contributed by atoms with van der Waals surface area (Å²) < 4.78 is 5.60. The molecular weight excluding hydrogens is 266 g/mol. The lowest BCUT2D eigenvalue weighted by molar-refractivity contribution is -0.138. The molecule has 4 heteroatoms. The van der Waals surface area contributed by atoms with Crippen molar-refractivity contribution in [1.29, 1.82) is 0 Å². The van der Waals surface area contributed by atoms with Crippen LogP contribution in [0, 0.1) is 5.92 Å². The number of amides is 1. The molecule has 0 aliphatic carbocycles. The van der Waals surface area contributed by atoms with Crippen molar-refractivity contribution in [3.8, 4) is 5.75 Å². The summed E-state index contributed by atoms with van der Waals surface area (Å²) >= 11 is 0. The van der Waals surface area contributed by atoms with Crippen molar-refractivity contribution >= 4 is 11.9 Å². The number of rotatable bonds is 4. The van der Waals surface area contributed by atoms with E-state index in [0.29, 0.717) is 31.2 Å². The molecule has 0 unspecified atom stereocenters. The second-order valence-corrected chi connectivity index (χ2v) is 5.72. The molecule has 1 aromatic rings. The quantitative estimate of drug-likeness (QED) is 0.632. The van der Waals surface area contributed by atoms with Gasteiger partial charge in [0.1, 0.15) is 5.75 Å². The lowest BCUT2D eigenvalue weighted by Crippen LogP contribution is -2.29. The van der Waals surface area contributed by atoms with Gasteiger partial charge < -0.3 is 9.64 Å². The highest BCUT2D eigenvalue weighted by Gasteiger charge is 2.31. The van der Waals surface area contributed by atoms with Crippen LogP contribution in [0.15, 0.2) is 24.3 Å². The van der Waals surface area contributed by atoms with Crippen LogP contribution in [-0.4, -0.2) is 29.9 Å². The number of hydrogen-bond donors (Lipinski definition) is 0. The predicted molar refractivity (Wildman–Crippen MR) is 81.1 cm³/mol. The SMILES string of the molecule is CC[C@@H](C)c1ccccc1OC(=O)[C@@H]1CCN(C(C)=O)C1. The van der Waals surface area contributed by atoms with E-state index in [2.05, 4.69) is 13.8 Å². The van der Waals surface area contributed by atoms with Gasteiger partial charge in [0, 0.05) is 20.0 Å². The molecule has 1 aliphatic rings. The number of hydrogen-bond acceptors (Lipinski definition) is 3. The second kappa shape index (κ2) is 6.74. The molecule has 0 aromatic heterocycles. The van der Waals surface area contributed by atoms with Crippen molar-refractivity contribution in [2.45, 2.75) is 39.5 Å². The van der Waals surface area contributed by atoms with Gasteiger partial charge in [-0.3, -0.25) is 9.59 Å². The van der Waals surface area contributed by atoms with Gasteiger partial charge in [0.2, 0.25) is 5.91 Å². The molecule has 0 N–H and O–H groups in total. The summed E-state index contributed by atoms with van der Waals surface area (Å²) in [6, 6.07) is 7.70. The Hall–Kier alpha value is -1.84. The average Bonchev–Trinajstić information content (AvgIpc) is 2.97. The summed E-state index contributed by atoms with van der Waals surface area (Å²) in [6.45, 7) is 6.89. The van der Waals surface area contributed by atoms with Gasteiger partial charge in [-0.15, -0.1) is 0 Å². The van der Waals surface area contributed by atoms with Crippen molar-refractivity contribution < 1.29 is 14.3 Å². The van der Waals surface area contributed by atoms with Crippen LogP contribution in [0.25, 0.3) is 0 Å². The third-order valence-electron chi connectivity index (χ3n) is 4.24. The van der Waals surface area contributed by atoms with Crippen molar-refractivity contribution in [2.24, 2.45) is 5.92 Å². The van der Waals surface area contributed by atoms with E-state index in [-0.39, 0.29) is 17.8 Å². The summed E-state index contributed by atoms with van der Waals surface area (Å²) in [6.07, 6.45) is 1.68. The molecule has 114 valence electrons. The standard InChI is InChI=1S/C17H23NO3/c1-4-12(2)15-7-5-6-8-16(15)21-17(20)14-9-10-18(11-14)13(3)19/h5-8,12,14H,4,9-11H2,1-3H3/t12-,14-/m1/s1. The molecule has 1 aliphatic heterocycles. The molecule has 0 bridgehead atoms. The molecule has 0 radical (unpaired) electrons. The minimum atomic E-state index is -0.227. The van der Waals surface area contributed by atoms with Crippen molar-refractivity contribution in [3.63, 3.8) is 0 Å². The van der Waals surface area contributed by atoms with Crippen molar-refractivity contribution in [1.82, 2.24) is 4.90 Å². The molecule has 1 saturated heterocycles. The summed E-state index contributed by atoms with van der Waals surface area (Å²) in [5.41, 5.74) is 1.06. The summed E-state index contributed by atoms with van der Waals surface area (Å²) in [5, 5.41) is 0. The normalized spacial score (nSPS) is 19.4. The number of nitrogens with zero attached hydrogens (tertiary/aromatic N) is 1. The second-order valence-electron chi connectivity index (χ2n) is 5.72. The first-order chi connectivity index (χ1) is 10.0. The number of carbonyl (C=O) groups is 2. The highest BCUT2D eigenvalue weighted by atomic mass is 16.5. The minimum Gasteiger partial charge on any atom is -0.426 e. The topological polar surface area (TPSA) is 46.6 Å². The Labute approximate surface area is 126 Å². The number of ether oxygens (including phenoxy) is 1. The van der Waals surface area contributed by atoms with Crippen LogP contribution < -0.4 is 4.74 Å². The Bertz CT molecular complexity index is 527. The van der Waals surface area contributed by atoms with Gasteiger partial charge in [0.15, 0.2) is 0 Å². The third-order valence-corrected chi connectivity index (χ3v) is 4.24. The first kappa shape index (κ1) is 15.5. The molecule has 1 heterocycles. The van der Waals surface area contributed by atoms with Gasteiger partial charge >= 0.3 is 5.97 Å². The Balaban J connectivity index is 2.05. The van der Waals surface area contributed by atoms with Gasteiger partial charge in [-0.1, -0.05) is 32.0 Å². The zero-order valence-electron chi connectivity index (χ0n) is 13.0. The van der Waals surface area contributed by atoms with Crippen LogP contribution >= 0.6 is 0 Å². The Morgan fingerprint density at radius 3 is 2.71 bits per heavy atom. The molecule has 1 fully saturated rings. The maximum absolute atomic E-state index is 12.3. The summed E-state index contributed by atoms with van der Waals surface area (Å²) in [4.78, 5) is 25.3. The van der Waals surface area contributed by atoms with E-state index in [0.717, 1.165) is 12.0 Å². The lowest BCUT2D eigenvalue weighted by atomic mass is 9.98. The van der Waals surface area contributed by atoms with E-state index >= 15 is 0 Å². The van der Waals surface area contributed by atoms with Gasteiger partial charge in [-0.25, -0.2) is 0 Å². The van der Waals surface area contributed by atoms with E-state index in [9.17, 15) is 9.59 Å². The van der Waals surface area contributed by atoms with Crippen LogP contribution in [0.1, 0.15) is 45.1 Å². The molecular formula is C17H23NO3. The van der Waals surface area contributed by atoms with E-state index in [1.54, 1.807) is 4.90 Å². The smallest absolute Gasteiger partial charge is 0.316 e. The minimum absolute atomic E-state index is 0.0188. The lowest BCUT2D eigenvalue weighted by Gasteiger charge is -2.17. The molecule has 0 spiro atoms. The number of likely N-dealkylation sites (tertiary alicyclic amines) is 1. The van der Waals surface area contributed by atoms with Crippen molar-refractivity contribution in [2.75, 3.05) is 13.1 Å². The number of benzene rings is 1. The summed E-state index contributed by atoms with van der Waals surface area (Å²) in [5.74, 6) is 0.586. The molecule has 1 aromatic carbocycles. The molecule has 0 saturated carbocycles. The van der Waals surface area contributed by atoms with Gasteiger partial charge in [-0.2, -0.15) is 0 Å². The summed E-state index contributed by atoms with van der Waals surface area (Å²) in [7, 11) is 0. The van der Waals surface area contributed by atoms with Crippen LogP contribution in [0.3, 0.4) is 0 Å². The maximum atomic E-state index is 12.3. The highest BCUT2D eigenvalue weighted by molar-refractivity contribution is 5.79. The number of carbonyl (C=O) groups excluding carboxylic acids is 2. The molecule has 1 amide bonds. The first-order valence-corrected chi connectivity index (χ1v) is 7.59. The Morgan fingerprint density at radius 1 is 1.38 bits per heavy atom. The average molecular weight is 289 g/mol. The fourth-order valence-electron chi connectivity index (χ4n) is 2.63. The number of esters is 1. The fourth-order valence-corrected chi connectivity index (χ4v) is 2.63. The maximum Gasteiger partial charge on any atom is 0.316 e. The third kappa shape index (κ3) is 3.63. The number of para-hydroxylation sites is 1. The monoisotopic (exact) mass is 289 g/mol. The fraction of sp³-hybridized carbons (Fsp3) is 0.529. The molecule has 21 heavy (non-hydrogen) atoms. The largest absolute Gasteiger partial charge is 0.426 e. The van der Waals surface area contributed by atoms with Crippen LogP contribution in [-0.2, 0) is 9.59 Å². The van der Waals surface area contributed by atoms with E-state index in [4.69, 9.17) is 4.74 Å². The zero-order chi connectivity index (χ0) is 15.4. The predicted octanol–water partition coefficient (Wildman–Crippen LogP) is 2.97. The van der Waals surface area contributed by atoms with E-state index in [1.165, 1.54) is 6.92 Å². The van der Waals surface area contributed by atoms with Crippen LogP contribution in [0.5, 0.6) is 5.75 Å². The van der Waals surface area contributed by atoms with Gasteiger partial charge in [-0.05, 0) is 30.4 Å². The van der Waals surface area contributed by atoms with Crippen molar-refractivity contribution in [3.05, 3.63) is 29.8 Å². The van der Waals surface area contributed by atoms with E-state index in [1.807, 2.05) is 24.3 Å². The molecule has 2 rings (SSSR count). The first-order valence-electron chi connectivity index (χ1n) is 7.59.